The molecule has 2 aromatic rings. The first-order valence-electron chi connectivity index (χ1n) is 5.45. The molecule has 0 amide bonds. The lowest BCUT2D eigenvalue weighted by Gasteiger charge is -1.93. The highest BCUT2D eigenvalue weighted by atomic mass is 32.2. The van der Waals surface area contributed by atoms with Gasteiger partial charge in [0.1, 0.15) is 0 Å². The molecular weight excluding hydrogens is 272 g/mol. The molecule has 0 aliphatic heterocycles. The first kappa shape index (κ1) is 12.8. The summed E-state index contributed by atoms with van der Waals surface area (Å²) in [5, 5.41) is 15.6. The SMILES string of the molecule is CCNc1nnc(SCc2csc(CC)n2)s1. The standard InChI is InChI=1S/C10H14N4S3/c1-3-8-12-7(5-15-8)6-16-10-14-13-9(17-10)11-4-2/h5H,3-4,6H2,1-2H3,(H,11,13). The predicted molar refractivity (Wildman–Crippen MR) is 75.1 cm³/mol. The fraction of sp³-hybridized carbons (Fsp3) is 0.500. The van der Waals surface area contributed by atoms with E-state index in [0.717, 1.165) is 33.9 Å². The lowest BCUT2D eigenvalue weighted by Crippen LogP contribution is -1.94. The lowest BCUT2D eigenvalue weighted by atomic mass is 10.5. The lowest BCUT2D eigenvalue weighted by molar-refractivity contribution is 0.999. The number of aromatic nitrogens is 3. The van der Waals surface area contributed by atoms with Gasteiger partial charge < -0.3 is 5.32 Å². The zero-order valence-electron chi connectivity index (χ0n) is 9.77. The van der Waals surface area contributed by atoms with E-state index < -0.39 is 0 Å². The van der Waals surface area contributed by atoms with Crippen LogP contribution in [0.5, 0.6) is 0 Å². The molecule has 0 fully saturated rings. The van der Waals surface area contributed by atoms with E-state index in [4.69, 9.17) is 0 Å². The Balaban J connectivity index is 1.88. The van der Waals surface area contributed by atoms with Crippen molar-refractivity contribution >= 4 is 39.6 Å². The quantitative estimate of drug-likeness (QED) is 0.826. The molecular formula is C10H14N4S3. The smallest absolute Gasteiger partial charge is 0.206 e. The summed E-state index contributed by atoms with van der Waals surface area (Å²) in [5.74, 6) is 0.872. The van der Waals surface area contributed by atoms with Crippen molar-refractivity contribution < 1.29 is 0 Å². The summed E-state index contributed by atoms with van der Waals surface area (Å²) in [4.78, 5) is 4.53. The van der Waals surface area contributed by atoms with Crippen LogP contribution in [-0.2, 0) is 12.2 Å². The number of aryl methyl sites for hydroxylation is 1. The summed E-state index contributed by atoms with van der Waals surface area (Å²) in [6.45, 7) is 5.06. The van der Waals surface area contributed by atoms with Gasteiger partial charge in [-0.2, -0.15) is 0 Å². The first-order valence-corrected chi connectivity index (χ1v) is 8.13. The molecule has 2 aromatic heterocycles. The van der Waals surface area contributed by atoms with Gasteiger partial charge in [-0.3, -0.25) is 0 Å². The van der Waals surface area contributed by atoms with Gasteiger partial charge in [-0.15, -0.1) is 21.5 Å². The van der Waals surface area contributed by atoms with E-state index in [0.29, 0.717) is 0 Å². The summed E-state index contributed by atoms with van der Waals surface area (Å²) in [7, 11) is 0. The largest absolute Gasteiger partial charge is 0.360 e. The van der Waals surface area contributed by atoms with Crippen molar-refractivity contribution in [3.8, 4) is 0 Å². The Labute approximate surface area is 113 Å². The molecule has 4 nitrogen and oxygen atoms in total. The Morgan fingerprint density at radius 2 is 2.24 bits per heavy atom. The number of hydrogen-bond acceptors (Lipinski definition) is 7. The van der Waals surface area contributed by atoms with Crippen LogP contribution in [0.15, 0.2) is 9.72 Å². The van der Waals surface area contributed by atoms with Gasteiger partial charge in [0.25, 0.3) is 0 Å². The van der Waals surface area contributed by atoms with Gasteiger partial charge in [-0.05, 0) is 13.3 Å². The topological polar surface area (TPSA) is 50.7 Å². The molecule has 0 atom stereocenters. The molecule has 1 N–H and O–H groups in total. The Morgan fingerprint density at radius 1 is 1.35 bits per heavy atom. The minimum atomic E-state index is 0.872. The van der Waals surface area contributed by atoms with Crippen LogP contribution in [0.25, 0.3) is 0 Å². The Bertz CT molecular complexity index is 466. The number of rotatable bonds is 6. The highest BCUT2D eigenvalue weighted by molar-refractivity contribution is 8.00. The fourth-order valence-corrected chi connectivity index (χ4v) is 3.77. The molecule has 0 aliphatic rings. The molecule has 0 saturated carbocycles. The molecule has 0 saturated heterocycles. The molecule has 2 rings (SSSR count). The summed E-state index contributed by atoms with van der Waals surface area (Å²) >= 11 is 5.02. The molecule has 7 heteroatoms. The predicted octanol–water partition coefficient (Wildman–Crippen LogP) is 3.28. The van der Waals surface area contributed by atoms with Crippen molar-refractivity contribution in [1.82, 2.24) is 15.2 Å². The average molecular weight is 286 g/mol. The van der Waals surface area contributed by atoms with E-state index in [1.807, 2.05) is 0 Å². The summed E-state index contributed by atoms with van der Waals surface area (Å²) < 4.78 is 0.993. The molecule has 92 valence electrons. The Morgan fingerprint density at radius 3 is 2.94 bits per heavy atom. The first-order chi connectivity index (χ1) is 8.31. The zero-order chi connectivity index (χ0) is 12.1. The van der Waals surface area contributed by atoms with Crippen molar-refractivity contribution in [3.63, 3.8) is 0 Å². The maximum absolute atomic E-state index is 4.53. The normalized spacial score (nSPS) is 10.7. The van der Waals surface area contributed by atoms with Crippen LogP contribution in [0.1, 0.15) is 24.5 Å². The van der Waals surface area contributed by atoms with Gasteiger partial charge in [-0.25, -0.2) is 4.98 Å². The molecule has 0 aromatic carbocycles. The second-order valence-corrected chi connectivity index (χ2v) is 6.42. The van der Waals surface area contributed by atoms with Crippen LogP contribution in [0.3, 0.4) is 0 Å². The van der Waals surface area contributed by atoms with E-state index >= 15 is 0 Å². The number of hydrogen-bond donors (Lipinski definition) is 1. The van der Waals surface area contributed by atoms with E-state index in [9.17, 15) is 0 Å². The number of thioether (sulfide) groups is 1. The maximum Gasteiger partial charge on any atom is 0.206 e. The minimum absolute atomic E-state index is 0.872. The van der Waals surface area contributed by atoms with Crippen molar-refractivity contribution in [2.75, 3.05) is 11.9 Å². The second kappa shape index (κ2) is 6.32. The number of anilines is 1. The number of nitrogens with zero attached hydrogens (tertiary/aromatic N) is 3. The van der Waals surface area contributed by atoms with Crippen molar-refractivity contribution in [2.24, 2.45) is 0 Å². The van der Waals surface area contributed by atoms with Crippen molar-refractivity contribution in [3.05, 3.63) is 16.1 Å². The van der Waals surface area contributed by atoms with Crippen LogP contribution in [0, 0.1) is 0 Å². The maximum atomic E-state index is 4.53. The highest BCUT2D eigenvalue weighted by Crippen LogP contribution is 2.28. The van der Waals surface area contributed by atoms with Gasteiger partial charge in [0.05, 0.1) is 10.7 Å². The number of nitrogens with one attached hydrogen (secondary N) is 1. The van der Waals surface area contributed by atoms with Gasteiger partial charge in [0, 0.05) is 17.7 Å². The molecule has 0 bridgehead atoms. The highest BCUT2D eigenvalue weighted by Gasteiger charge is 2.06. The van der Waals surface area contributed by atoms with Crippen LogP contribution in [-0.4, -0.2) is 21.7 Å². The monoisotopic (exact) mass is 286 g/mol. The summed E-state index contributed by atoms with van der Waals surface area (Å²) in [6, 6.07) is 0. The summed E-state index contributed by atoms with van der Waals surface area (Å²) in [6.07, 6.45) is 1.01. The van der Waals surface area contributed by atoms with E-state index in [1.165, 1.54) is 5.01 Å². The van der Waals surface area contributed by atoms with Gasteiger partial charge in [-0.1, -0.05) is 30.0 Å². The average Bonchev–Trinajstić information content (AvgIpc) is 2.95. The van der Waals surface area contributed by atoms with Crippen LogP contribution in [0.2, 0.25) is 0 Å². The minimum Gasteiger partial charge on any atom is -0.360 e. The second-order valence-electron chi connectivity index (χ2n) is 3.28. The van der Waals surface area contributed by atoms with Crippen molar-refractivity contribution in [2.45, 2.75) is 30.4 Å². The van der Waals surface area contributed by atoms with E-state index in [-0.39, 0.29) is 0 Å². The van der Waals surface area contributed by atoms with Crippen molar-refractivity contribution in [1.29, 1.82) is 0 Å². The van der Waals surface area contributed by atoms with Crippen LogP contribution >= 0.6 is 34.4 Å². The molecule has 0 radical (unpaired) electrons. The zero-order valence-corrected chi connectivity index (χ0v) is 12.2. The molecule has 17 heavy (non-hydrogen) atoms. The molecule has 2 heterocycles. The van der Waals surface area contributed by atoms with E-state index in [1.54, 1.807) is 34.4 Å². The third kappa shape index (κ3) is 3.65. The van der Waals surface area contributed by atoms with Crippen LogP contribution in [0.4, 0.5) is 5.13 Å². The Kier molecular flexibility index (Phi) is 4.75. The third-order valence-electron chi connectivity index (χ3n) is 1.98. The fourth-order valence-electron chi connectivity index (χ4n) is 1.20. The van der Waals surface area contributed by atoms with Gasteiger partial charge >= 0.3 is 0 Å². The molecule has 0 spiro atoms. The van der Waals surface area contributed by atoms with Gasteiger partial charge in [0.15, 0.2) is 4.34 Å². The Hall–Kier alpha value is -0.660. The van der Waals surface area contributed by atoms with Gasteiger partial charge in [0.2, 0.25) is 5.13 Å². The van der Waals surface area contributed by atoms with E-state index in [2.05, 4.69) is 39.7 Å². The molecule has 0 aliphatic carbocycles. The summed E-state index contributed by atoms with van der Waals surface area (Å²) in [5.41, 5.74) is 1.14. The number of thiazole rings is 1. The molecule has 0 unspecified atom stereocenters. The third-order valence-corrected chi connectivity index (χ3v) is 5.07. The van der Waals surface area contributed by atoms with Crippen LogP contribution < -0.4 is 5.32 Å².